The van der Waals surface area contributed by atoms with Gasteiger partial charge in [0.25, 0.3) is 5.91 Å². The van der Waals surface area contributed by atoms with E-state index in [1.165, 1.54) is 0 Å². The van der Waals surface area contributed by atoms with Crippen molar-refractivity contribution in [2.75, 3.05) is 21.3 Å². The summed E-state index contributed by atoms with van der Waals surface area (Å²) in [6, 6.07) is 12.5. The molecule has 2 atom stereocenters. The fourth-order valence-corrected chi connectivity index (χ4v) is 2.65. The van der Waals surface area contributed by atoms with Gasteiger partial charge in [0.1, 0.15) is 11.5 Å². The van der Waals surface area contributed by atoms with Gasteiger partial charge in [0, 0.05) is 0 Å². The summed E-state index contributed by atoms with van der Waals surface area (Å²) in [7, 11) is 4.78. The zero-order valence-electron chi connectivity index (χ0n) is 16.4. The molecule has 0 aliphatic heterocycles. The molecule has 0 saturated carbocycles. The largest absolute Gasteiger partial charge is 0.497 e. The third-order valence-corrected chi connectivity index (χ3v) is 4.27. The molecule has 0 heterocycles. The number of rotatable bonds is 9. The van der Waals surface area contributed by atoms with Crippen molar-refractivity contribution in [1.29, 1.82) is 0 Å². The molecule has 0 aliphatic rings. The molecule has 0 radical (unpaired) electrons. The Labute approximate surface area is 160 Å². The van der Waals surface area contributed by atoms with E-state index in [0.717, 1.165) is 11.3 Å². The molecule has 27 heavy (non-hydrogen) atoms. The molecule has 0 aliphatic carbocycles. The van der Waals surface area contributed by atoms with E-state index in [4.69, 9.17) is 18.9 Å². The summed E-state index contributed by atoms with van der Waals surface area (Å²) >= 11 is 0. The molecule has 2 aromatic carbocycles. The van der Waals surface area contributed by atoms with Crippen LogP contribution in [0.15, 0.2) is 42.5 Å². The van der Waals surface area contributed by atoms with E-state index in [-0.39, 0.29) is 11.9 Å². The Hall–Kier alpha value is -2.89. The van der Waals surface area contributed by atoms with E-state index in [1.54, 1.807) is 45.6 Å². The van der Waals surface area contributed by atoms with Gasteiger partial charge in [-0.05, 0) is 55.3 Å². The Bertz CT molecular complexity index is 745. The smallest absolute Gasteiger partial charge is 0.261 e. The molecule has 0 spiro atoms. The van der Waals surface area contributed by atoms with Crippen molar-refractivity contribution >= 4 is 5.91 Å². The zero-order valence-corrected chi connectivity index (χ0v) is 16.4. The molecule has 146 valence electrons. The van der Waals surface area contributed by atoms with E-state index >= 15 is 0 Å². The van der Waals surface area contributed by atoms with Gasteiger partial charge >= 0.3 is 0 Å². The van der Waals surface area contributed by atoms with Gasteiger partial charge in [0.05, 0.1) is 27.4 Å². The standard InChI is InChI=1S/C21H27NO5/c1-6-18(27-17-10-8-16(24-3)9-11-17)21(23)22-14(2)15-7-12-19(25-4)20(13-15)26-5/h7-14,18H,6H2,1-5H3,(H,22,23). The summed E-state index contributed by atoms with van der Waals surface area (Å²) in [5.74, 6) is 2.46. The third-order valence-electron chi connectivity index (χ3n) is 4.27. The lowest BCUT2D eigenvalue weighted by atomic mass is 10.1. The lowest BCUT2D eigenvalue weighted by Gasteiger charge is -2.21. The predicted octanol–water partition coefficient (Wildman–Crippen LogP) is 3.75. The van der Waals surface area contributed by atoms with Crippen molar-refractivity contribution in [3.8, 4) is 23.0 Å². The van der Waals surface area contributed by atoms with E-state index < -0.39 is 6.10 Å². The molecular weight excluding hydrogens is 346 g/mol. The predicted molar refractivity (Wildman–Crippen MR) is 104 cm³/mol. The SMILES string of the molecule is CCC(Oc1ccc(OC)cc1)C(=O)NC(C)c1ccc(OC)c(OC)c1. The average molecular weight is 373 g/mol. The Morgan fingerprint density at radius 3 is 2.11 bits per heavy atom. The van der Waals surface area contributed by atoms with Gasteiger partial charge < -0.3 is 24.3 Å². The monoisotopic (exact) mass is 373 g/mol. The topological polar surface area (TPSA) is 66.0 Å². The van der Waals surface area contributed by atoms with Crippen LogP contribution in [0.25, 0.3) is 0 Å². The molecule has 0 fully saturated rings. The van der Waals surface area contributed by atoms with Crippen LogP contribution >= 0.6 is 0 Å². The van der Waals surface area contributed by atoms with E-state index in [0.29, 0.717) is 23.7 Å². The summed E-state index contributed by atoms with van der Waals surface area (Å²) in [5, 5.41) is 2.99. The highest BCUT2D eigenvalue weighted by Gasteiger charge is 2.21. The van der Waals surface area contributed by atoms with Crippen LogP contribution in [-0.2, 0) is 4.79 Å². The highest BCUT2D eigenvalue weighted by Crippen LogP contribution is 2.30. The van der Waals surface area contributed by atoms with Gasteiger partial charge in [-0.3, -0.25) is 4.79 Å². The maximum Gasteiger partial charge on any atom is 0.261 e. The molecule has 0 bridgehead atoms. The van der Waals surface area contributed by atoms with Crippen LogP contribution in [0.3, 0.4) is 0 Å². The Balaban J connectivity index is 2.04. The number of hydrogen-bond acceptors (Lipinski definition) is 5. The number of methoxy groups -OCH3 is 3. The fraction of sp³-hybridized carbons (Fsp3) is 0.381. The highest BCUT2D eigenvalue weighted by atomic mass is 16.5. The van der Waals surface area contributed by atoms with Crippen molar-refractivity contribution in [2.24, 2.45) is 0 Å². The van der Waals surface area contributed by atoms with Crippen LogP contribution in [0, 0.1) is 0 Å². The van der Waals surface area contributed by atoms with Crippen LogP contribution < -0.4 is 24.3 Å². The lowest BCUT2D eigenvalue weighted by molar-refractivity contribution is -0.128. The van der Waals surface area contributed by atoms with Gasteiger partial charge in [0.15, 0.2) is 17.6 Å². The second kappa shape index (κ2) is 9.71. The number of amides is 1. The Morgan fingerprint density at radius 2 is 1.56 bits per heavy atom. The maximum absolute atomic E-state index is 12.6. The number of carbonyl (C=O) groups excluding carboxylic acids is 1. The van der Waals surface area contributed by atoms with Gasteiger partial charge in [-0.25, -0.2) is 0 Å². The minimum Gasteiger partial charge on any atom is -0.497 e. The first-order valence-electron chi connectivity index (χ1n) is 8.85. The number of hydrogen-bond donors (Lipinski definition) is 1. The minimum atomic E-state index is -0.582. The number of benzene rings is 2. The minimum absolute atomic E-state index is 0.171. The summed E-state index contributed by atoms with van der Waals surface area (Å²) < 4.78 is 21.5. The number of carbonyl (C=O) groups is 1. The third kappa shape index (κ3) is 5.29. The van der Waals surface area contributed by atoms with Crippen molar-refractivity contribution in [3.05, 3.63) is 48.0 Å². The molecular formula is C21H27NO5. The molecule has 1 amide bonds. The first kappa shape index (κ1) is 20.4. The quantitative estimate of drug-likeness (QED) is 0.725. The number of ether oxygens (including phenoxy) is 4. The second-order valence-electron chi connectivity index (χ2n) is 6.03. The maximum atomic E-state index is 12.6. The number of nitrogens with one attached hydrogen (secondary N) is 1. The van der Waals surface area contributed by atoms with Gasteiger partial charge in [-0.15, -0.1) is 0 Å². The normalized spacial score (nSPS) is 12.6. The molecule has 0 aromatic heterocycles. The second-order valence-corrected chi connectivity index (χ2v) is 6.03. The van der Waals surface area contributed by atoms with Crippen LogP contribution in [-0.4, -0.2) is 33.3 Å². The molecule has 6 nitrogen and oxygen atoms in total. The summed E-state index contributed by atoms with van der Waals surface area (Å²) in [6.45, 7) is 3.83. The van der Waals surface area contributed by atoms with Crippen molar-refractivity contribution < 1.29 is 23.7 Å². The molecule has 2 aromatic rings. The van der Waals surface area contributed by atoms with E-state index in [9.17, 15) is 4.79 Å². The van der Waals surface area contributed by atoms with Crippen molar-refractivity contribution in [2.45, 2.75) is 32.4 Å². The van der Waals surface area contributed by atoms with Crippen LogP contribution in [0.4, 0.5) is 0 Å². The first-order valence-corrected chi connectivity index (χ1v) is 8.85. The molecule has 0 saturated heterocycles. The molecule has 2 unspecified atom stereocenters. The van der Waals surface area contributed by atoms with E-state index in [2.05, 4.69) is 5.32 Å². The van der Waals surface area contributed by atoms with Crippen LogP contribution in [0.2, 0.25) is 0 Å². The van der Waals surface area contributed by atoms with E-state index in [1.807, 2.05) is 32.0 Å². The first-order chi connectivity index (χ1) is 13.0. The van der Waals surface area contributed by atoms with Crippen LogP contribution in [0.1, 0.15) is 31.9 Å². The zero-order chi connectivity index (χ0) is 19.8. The molecule has 1 N–H and O–H groups in total. The summed E-state index contributed by atoms with van der Waals surface area (Å²) in [4.78, 5) is 12.6. The van der Waals surface area contributed by atoms with Gasteiger partial charge in [-0.1, -0.05) is 13.0 Å². The average Bonchev–Trinajstić information content (AvgIpc) is 2.71. The highest BCUT2D eigenvalue weighted by molar-refractivity contribution is 5.81. The van der Waals surface area contributed by atoms with Crippen molar-refractivity contribution in [1.82, 2.24) is 5.32 Å². The molecule has 2 rings (SSSR count). The fourth-order valence-electron chi connectivity index (χ4n) is 2.65. The lowest BCUT2D eigenvalue weighted by Crippen LogP contribution is -2.39. The Kier molecular flexibility index (Phi) is 7.34. The molecule has 6 heteroatoms. The summed E-state index contributed by atoms with van der Waals surface area (Å²) in [5.41, 5.74) is 0.917. The summed E-state index contributed by atoms with van der Waals surface area (Å²) in [6.07, 6.45) is -0.0303. The van der Waals surface area contributed by atoms with Gasteiger partial charge in [-0.2, -0.15) is 0 Å². The van der Waals surface area contributed by atoms with Gasteiger partial charge in [0.2, 0.25) is 0 Å². The van der Waals surface area contributed by atoms with Crippen molar-refractivity contribution in [3.63, 3.8) is 0 Å². The Morgan fingerprint density at radius 1 is 0.926 bits per heavy atom. The van der Waals surface area contributed by atoms with Crippen LogP contribution in [0.5, 0.6) is 23.0 Å².